The van der Waals surface area contributed by atoms with Gasteiger partial charge >= 0.3 is 5.97 Å². The van der Waals surface area contributed by atoms with Crippen LogP contribution in [-0.4, -0.2) is 38.9 Å². The summed E-state index contributed by atoms with van der Waals surface area (Å²) in [6.45, 7) is 1.92. The number of nitrogens with zero attached hydrogens (tertiary/aromatic N) is 2. The highest BCUT2D eigenvalue weighted by Crippen LogP contribution is 2.23. The molecule has 0 bridgehead atoms. The van der Waals surface area contributed by atoms with E-state index in [1.165, 1.54) is 16.8 Å². The predicted molar refractivity (Wildman–Crippen MR) is 130 cm³/mol. The van der Waals surface area contributed by atoms with Crippen LogP contribution in [0.5, 0.6) is 5.88 Å². The van der Waals surface area contributed by atoms with Gasteiger partial charge in [0, 0.05) is 6.07 Å². The third-order valence-corrected chi connectivity index (χ3v) is 6.23. The van der Waals surface area contributed by atoms with Gasteiger partial charge in [-0.3, -0.25) is 4.79 Å². The minimum Gasteiger partial charge on any atom is -0.476 e. The number of nitrogens with one attached hydrogen (secondary N) is 1. The van der Waals surface area contributed by atoms with E-state index in [-0.39, 0.29) is 48.6 Å². The summed E-state index contributed by atoms with van der Waals surface area (Å²) < 4.78 is 26.9. The van der Waals surface area contributed by atoms with E-state index >= 15 is 0 Å². The lowest BCUT2D eigenvalue weighted by atomic mass is 9.92. The monoisotopic (exact) mass is 495 g/mol. The van der Waals surface area contributed by atoms with Crippen LogP contribution in [0.4, 0.5) is 4.39 Å². The minimum atomic E-state index is -1.23. The van der Waals surface area contributed by atoms with Crippen LogP contribution in [0.3, 0.4) is 0 Å². The maximum Gasteiger partial charge on any atom is 0.356 e. The quantitative estimate of drug-likeness (QED) is 0.436. The van der Waals surface area contributed by atoms with Crippen LogP contribution < -0.4 is 10.1 Å². The second-order valence-corrected chi connectivity index (χ2v) is 9.00. The van der Waals surface area contributed by atoms with Crippen LogP contribution >= 0.6 is 0 Å². The molecule has 190 valence electrons. The number of amides is 1. The molecular formula is C27H30FN3O5. The number of rotatable bonds is 10. The number of aromatic carboxylic acids is 1. The first-order valence-electron chi connectivity index (χ1n) is 12.0. The van der Waals surface area contributed by atoms with Gasteiger partial charge in [0.1, 0.15) is 19.0 Å². The van der Waals surface area contributed by atoms with E-state index in [2.05, 4.69) is 10.4 Å². The van der Waals surface area contributed by atoms with Crippen LogP contribution in [0.2, 0.25) is 0 Å². The third-order valence-electron chi connectivity index (χ3n) is 6.23. The molecule has 2 aromatic carbocycles. The Morgan fingerprint density at radius 3 is 2.61 bits per heavy atom. The predicted octanol–water partition coefficient (Wildman–Crippen LogP) is 4.25. The van der Waals surface area contributed by atoms with Crippen molar-refractivity contribution in [1.29, 1.82) is 0 Å². The number of carbonyl (C=O) groups is 2. The van der Waals surface area contributed by atoms with Crippen molar-refractivity contribution in [2.45, 2.75) is 64.5 Å². The van der Waals surface area contributed by atoms with Crippen LogP contribution in [0.25, 0.3) is 0 Å². The van der Waals surface area contributed by atoms with Crippen molar-refractivity contribution < 1.29 is 28.6 Å². The molecule has 8 nitrogen and oxygen atoms in total. The Hall–Kier alpha value is -3.72. The Bertz CT molecular complexity index is 1200. The molecule has 0 saturated heterocycles. The molecule has 0 radical (unpaired) electrons. The molecule has 1 amide bonds. The molecule has 1 aliphatic carbocycles. The number of aromatic nitrogens is 2. The fourth-order valence-electron chi connectivity index (χ4n) is 4.24. The number of benzene rings is 2. The highest BCUT2D eigenvalue weighted by atomic mass is 19.1. The number of aryl methyl sites for hydroxylation is 1. The number of halogens is 1. The molecule has 1 aromatic heterocycles. The second-order valence-electron chi connectivity index (χ2n) is 9.00. The molecular weight excluding hydrogens is 465 g/mol. The average Bonchev–Trinajstić information content (AvgIpc) is 3.27. The molecule has 2 atom stereocenters. The smallest absolute Gasteiger partial charge is 0.356 e. The summed E-state index contributed by atoms with van der Waals surface area (Å²) in [7, 11) is 0. The molecule has 9 heteroatoms. The van der Waals surface area contributed by atoms with Gasteiger partial charge in [0.2, 0.25) is 11.8 Å². The highest BCUT2D eigenvalue weighted by Gasteiger charge is 2.28. The Kier molecular flexibility index (Phi) is 8.32. The van der Waals surface area contributed by atoms with E-state index in [0.29, 0.717) is 17.7 Å². The van der Waals surface area contributed by atoms with Crippen molar-refractivity contribution in [3.63, 3.8) is 0 Å². The summed E-state index contributed by atoms with van der Waals surface area (Å²) in [5, 5.41) is 16.4. The lowest BCUT2D eigenvalue weighted by Crippen LogP contribution is -2.47. The first-order chi connectivity index (χ1) is 17.4. The second kappa shape index (κ2) is 11.8. The molecule has 1 aliphatic rings. The van der Waals surface area contributed by atoms with Crippen LogP contribution in [-0.2, 0) is 29.3 Å². The summed E-state index contributed by atoms with van der Waals surface area (Å²) in [4.78, 5) is 24.4. The molecule has 3 aromatic rings. The number of carbonyl (C=O) groups excluding carboxylic acids is 1. The SMILES string of the molecule is Cc1ccc(COc2cc(C(=O)O)nn2CC(=O)N[C@H]2CCCC[C@@H]2OCc2ccccc2)cc1F. The van der Waals surface area contributed by atoms with Crippen LogP contribution in [0, 0.1) is 12.7 Å². The molecule has 36 heavy (non-hydrogen) atoms. The maximum atomic E-state index is 13.9. The van der Waals surface area contributed by atoms with E-state index in [4.69, 9.17) is 9.47 Å². The number of hydrogen-bond donors (Lipinski definition) is 2. The first-order valence-corrected chi connectivity index (χ1v) is 12.0. The van der Waals surface area contributed by atoms with Gasteiger partial charge in [0.05, 0.1) is 18.8 Å². The van der Waals surface area contributed by atoms with Gasteiger partial charge < -0.3 is 19.9 Å². The van der Waals surface area contributed by atoms with Crippen LogP contribution in [0.1, 0.15) is 52.9 Å². The summed E-state index contributed by atoms with van der Waals surface area (Å²) >= 11 is 0. The van der Waals surface area contributed by atoms with Crippen molar-refractivity contribution in [3.05, 3.63) is 82.8 Å². The fourth-order valence-corrected chi connectivity index (χ4v) is 4.24. The summed E-state index contributed by atoms with van der Waals surface area (Å²) in [5.74, 6) is -1.79. The Balaban J connectivity index is 1.39. The van der Waals surface area contributed by atoms with Crippen LogP contribution in [0.15, 0.2) is 54.6 Å². The van der Waals surface area contributed by atoms with E-state index < -0.39 is 5.97 Å². The van der Waals surface area contributed by atoms with Gasteiger partial charge in [0.25, 0.3) is 0 Å². The molecule has 4 rings (SSSR count). The lowest BCUT2D eigenvalue weighted by molar-refractivity contribution is -0.124. The van der Waals surface area contributed by atoms with Crippen molar-refractivity contribution >= 4 is 11.9 Å². The number of ether oxygens (including phenoxy) is 2. The van der Waals surface area contributed by atoms with Crippen molar-refractivity contribution in [2.75, 3.05) is 0 Å². The van der Waals surface area contributed by atoms with E-state index in [9.17, 15) is 19.1 Å². The van der Waals surface area contributed by atoms with Gasteiger partial charge in [-0.15, -0.1) is 0 Å². The van der Waals surface area contributed by atoms with E-state index in [1.807, 2.05) is 30.3 Å². The average molecular weight is 496 g/mol. The number of carboxylic acid groups (broad SMARTS) is 1. The van der Waals surface area contributed by atoms with Gasteiger partial charge in [-0.25, -0.2) is 13.9 Å². The van der Waals surface area contributed by atoms with Gasteiger partial charge in [-0.1, -0.05) is 55.3 Å². The summed E-state index contributed by atoms with van der Waals surface area (Å²) in [6.07, 6.45) is 3.56. The normalized spacial score (nSPS) is 17.5. The summed E-state index contributed by atoms with van der Waals surface area (Å²) in [5.41, 5.74) is 1.92. The van der Waals surface area contributed by atoms with Crippen molar-refractivity contribution in [3.8, 4) is 5.88 Å². The highest BCUT2D eigenvalue weighted by molar-refractivity contribution is 5.85. The zero-order chi connectivity index (χ0) is 25.5. The fraction of sp³-hybridized carbons (Fsp3) is 0.370. The standard InChI is InChI=1S/C27H30FN3O5/c1-18-11-12-20(13-21(18)28)17-36-26-14-23(27(33)34)30-31(26)15-25(32)29-22-9-5-6-10-24(22)35-16-19-7-3-2-4-8-19/h2-4,7-8,11-14,22,24H,5-6,9-10,15-17H2,1H3,(H,29,32)(H,33,34)/t22-,24-/m0/s1. The maximum absolute atomic E-state index is 13.9. The van der Waals surface area contributed by atoms with E-state index in [1.54, 1.807) is 19.1 Å². The first kappa shape index (κ1) is 25.4. The van der Waals surface area contributed by atoms with Gasteiger partial charge in [-0.2, -0.15) is 5.10 Å². The van der Waals surface area contributed by atoms with Crippen molar-refractivity contribution in [1.82, 2.24) is 15.1 Å². The molecule has 0 aliphatic heterocycles. The number of hydrogen-bond acceptors (Lipinski definition) is 5. The molecule has 1 heterocycles. The van der Waals surface area contributed by atoms with E-state index in [0.717, 1.165) is 31.2 Å². The molecule has 2 N–H and O–H groups in total. The molecule has 1 fully saturated rings. The number of carboxylic acids is 1. The molecule has 0 unspecified atom stereocenters. The summed E-state index contributed by atoms with van der Waals surface area (Å²) in [6, 6.07) is 15.7. The molecule has 0 spiro atoms. The Labute approximate surface area is 209 Å². The minimum absolute atomic E-state index is 0.00158. The van der Waals surface area contributed by atoms with Gasteiger partial charge in [0.15, 0.2) is 5.69 Å². The van der Waals surface area contributed by atoms with Crippen molar-refractivity contribution in [2.24, 2.45) is 0 Å². The third kappa shape index (κ3) is 6.69. The topological polar surface area (TPSA) is 103 Å². The molecule has 1 saturated carbocycles. The largest absolute Gasteiger partial charge is 0.476 e. The van der Waals surface area contributed by atoms with Gasteiger partial charge in [-0.05, 0) is 42.5 Å². The Morgan fingerprint density at radius 2 is 1.86 bits per heavy atom. The lowest BCUT2D eigenvalue weighted by Gasteiger charge is -2.32. The Morgan fingerprint density at radius 1 is 1.08 bits per heavy atom. The zero-order valence-electron chi connectivity index (χ0n) is 20.2. The zero-order valence-corrected chi connectivity index (χ0v) is 20.2.